The zero-order valence-corrected chi connectivity index (χ0v) is 31.3. The maximum Gasteiger partial charge on any atom is 0.0755 e. The van der Waals surface area contributed by atoms with E-state index in [1.807, 2.05) is 0 Å². The molecule has 0 bridgehead atoms. The molecule has 2 aliphatic rings. The standard InChI is InChI=1S/C55H38N2/c1-6-19-39(20-7-1)41-23-18-30-45(37-41)56(43-26-12-4-13-27-43)46-33-34-48-49-36-35-47(40-21-8-2-9-22-40)54-53(49)55(51(48)38-46,42-24-10-3-11-25-42)50-31-16-17-32-52(50)57(54)44-28-14-5-15-29-44/h1-38H. The van der Waals surface area contributed by atoms with Gasteiger partial charge in [-0.25, -0.2) is 0 Å². The molecule has 268 valence electrons. The van der Waals surface area contributed by atoms with Gasteiger partial charge < -0.3 is 9.80 Å². The van der Waals surface area contributed by atoms with Crippen LogP contribution in [0.3, 0.4) is 0 Å². The van der Waals surface area contributed by atoms with E-state index >= 15 is 0 Å². The number of hydrogen-bond donors (Lipinski definition) is 0. The fraction of sp³-hybridized carbons (Fsp3) is 0.0182. The van der Waals surface area contributed by atoms with Gasteiger partial charge in [-0.3, -0.25) is 0 Å². The molecule has 11 rings (SSSR count). The van der Waals surface area contributed by atoms with Gasteiger partial charge in [0, 0.05) is 33.9 Å². The van der Waals surface area contributed by atoms with Gasteiger partial charge >= 0.3 is 0 Å². The smallest absolute Gasteiger partial charge is 0.0755 e. The van der Waals surface area contributed by atoms with E-state index in [2.05, 4.69) is 240 Å². The predicted molar refractivity (Wildman–Crippen MR) is 238 cm³/mol. The van der Waals surface area contributed by atoms with E-state index in [1.54, 1.807) is 0 Å². The Morgan fingerprint density at radius 1 is 0.351 bits per heavy atom. The molecule has 0 saturated heterocycles. The lowest BCUT2D eigenvalue weighted by Gasteiger charge is -2.45. The van der Waals surface area contributed by atoms with Crippen LogP contribution >= 0.6 is 0 Å². The minimum atomic E-state index is -0.599. The van der Waals surface area contributed by atoms with Crippen molar-refractivity contribution in [2.75, 3.05) is 9.80 Å². The van der Waals surface area contributed by atoms with Gasteiger partial charge in [0.25, 0.3) is 0 Å². The molecule has 1 atom stereocenters. The maximum absolute atomic E-state index is 2.51. The Morgan fingerprint density at radius 2 is 0.895 bits per heavy atom. The molecular weight excluding hydrogens is 689 g/mol. The molecule has 2 nitrogen and oxygen atoms in total. The number of anilines is 6. The number of rotatable bonds is 7. The molecular formula is C55H38N2. The third-order valence-corrected chi connectivity index (χ3v) is 11.8. The van der Waals surface area contributed by atoms with Gasteiger partial charge in [0.2, 0.25) is 0 Å². The normalized spacial score (nSPS) is 14.7. The number of hydrogen-bond acceptors (Lipinski definition) is 2. The van der Waals surface area contributed by atoms with Crippen molar-refractivity contribution in [1.29, 1.82) is 0 Å². The number of fused-ring (bicyclic) bond motifs is 5. The summed E-state index contributed by atoms with van der Waals surface area (Å²) in [6.45, 7) is 0. The Labute approximate surface area is 334 Å². The summed E-state index contributed by atoms with van der Waals surface area (Å²) < 4.78 is 0. The molecule has 1 unspecified atom stereocenters. The Kier molecular flexibility index (Phi) is 7.75. The van der Waals surface area contributed by atoms with Crippen molar-refractivity contribution in [2.45, 2.75) is 5.41 Å². The van der Waals surface area contributed by atoms with Gasteiger partial charge in [-0.2, -0.15) is 0 Å². The summed E-state index contributed by atoms with van der Waals surface area (Å²) in [7, 11) is 0. The van der Waals surface area contributed by atoms with Crippen LogP contribution in [-0.2, 0) is 5.41 Å². The molecule has 1 heterocycles. The van der Waals surface area contributed by atoms with Gasteiger partial charge in [0.05, 0.1) is 16.8 Å². The Hall–Kier alpha value is -7.42. The Balaban J connectivity index is 1.23. The van der Waals surface area contributed by atoms with Gasteiger partial charge in [0.1, 0.15) is 0 Å². The average molecular weight is 727 g/mol. The number of benzene rings is 9. The summed E-state index contributed by atoms with van der Waals surface area (Å²) in [5.74, 6) is 0. The van der Waals surface area contributed by atoms with Crippen molar-refractivity contribution < 1.29 is 0 Å². The second-order valence-electron chi connectivity index (χ2n) is 14.9. The van der Waals surface area contributed by atoms with Crippen LogP contribution in [0.1, 0.15) is 22.3 Å². The van der Waals surface area contributed by atoms with Crippen LogP contribution in [0.25, 0.3) is 33.4 Å². The first-order valence-corrected chi connectivity index (χ1v) is 19.7. The topological polar surface area (TPSA) is 6.48 Å². The Morgan fingerprint density at radius 3 is 1.63 bits per heavy atom. The minimum Gasteiger partial charge on any atom is -0.310 e. The summed E-state index contributed by atoms with van der Waals surface area (Å²) in [6.07, 6.45) is 0. The lowest BCUT2D eigenvalue weighted by Crippen LogP contribution is -2.36. The lowest BCUT2D eigenvalue weighted by atomic mass is 9.64. The van der Waals surface area contributed by atoms with Crippen molar-refractivity contribution in [1.82, 2.24) is 0 Å². The van der Waals surface area contributed by atoms with E-state index in [-0.39, 0.29) is 0 Å². The second kappa shape index (κ2) is 13.4. The largest absolute Gasteiger partial charge is 0.310 e. The monoisotopic (exact) mass is 726 g/mol. The average Bonchev–Trinajstić information content (AvgIpc) is 3.59. The van der Waals surface area contributed by atoms with Crippen molar-refractivity contribution in [3.63, 3.8) is 0 Å². The lowest BCUT2D eigenvalue weighted by molar-refractivity contribution is 0.754. The summed E-state index contributed by atoms with van der Waals surface area (Å²) in [4.78, 5) is 4.92. The summed E-state index contributed by atoms with van der Waals surface area (Å²) in [5, 5.41) is 0. The van der Waals surface area contributed by atoms with E-state index in [4.69, 9.17) is 0 Å². The second-order valence-corrected chi connectivity index (χ2v) is 14.9. The zero-order chi connectivity index (χ0) is 37.8. The van der Waals surface area contributed by atoms with Gasteiger partial charge in [-0.1, -0.05) is 176 Å². The van der Waals surface area contributed by atoms with E-state index in [0.29, 0.717) is 0 Å². The quantitative estimate of drug-likeness (QED) is 0.161. The van der Waals surface area contributed by atoms with Crippen LogP contribution in [0.5, 0.6) is 0 Å². The van der Waals surface area contributed by atoms with Crippen molar-refractivity contribution in [2.24, 2.45) is 0 Å². The first-order valence-electron chi connectivity index (χ1n) is 19.7. The van der Waals surface area contributed by atoms with Crippen molar-refractivity contribution >= 4 is 34.1 Å². The van der Waals surface area contributed by atoms with Crippen molar-refractivity contribution in [3.8, 4) is 33.4 Å². The highest BCUT2D eigenvalue weighted by molar-refractivity contribution is 6.04. The van der Waals surface area contributed by atoms with Crippen LogP contribution in [0.2, 0.25) is 0 Å². The molecule has 0 amide bonds. The fourth-order valence-electron chi connectivity index (χ4n) is 9.48. The molecule has 2 heteroatoms. The molecule has 0 N–H and O–H groups in total. The van der Waals surface area contributed by atoms with Crippen LogP contribution < -0.4 is 9.80 Å². The SMILES string of the molecule is c1ccc(-c2cccc(N(c3ccccc3)c3ccc4c(c3)C3(c5ccccc5)c5ccccc5N(c5ccccc5)c5c(-c6ccccc6)ccc-4c53)c2)cc1. The molecule has 0 aromatic heterocycles. The van der Waals surface area contributed by atoms with E-state index in [0.717, 1.165) is 22.7 Å². The van der Waals surface area contributed by atoms with Crippen LogP contribution in [0.4, 0.5) is 34.1 Å². The first-order chi connectivity index (χ1) is 28.3. The van der Waals surface area contributed by atoms with E-state index in [9.17, 15) is 0 Å². The third kappa shape index (κ3) is 5.11. The zero-order valence-electron chi connectivity index (χ0n) is 31.3. The van der Waals surface area contributed by atoms with E-state index in [1.165, 1.54) is 67.0 Å². The number of para-hydroxylation sites is 3. The molecule has 0 spiro atoms. The van der Waals surface area contributed by atoms with Crippen LogP contribution in [-0.4, -0.2) is 0 Å². The molecule has 1 aliphatic carbocycles. The van der Waals surface area contributed by atoms with Crippen molar-refractivity contribution in [3.05, 3.63) is 253 Å². The third-order valence-electron chi connectivity index (χ3n) is 11.8. The predicted octanol–water partition coefficient (Wildman–Crippen LogP) is 14.6. The highest BCUT2D eigenvalue weighted by atomic mass is 15.2. The summed E-state index contributed by atoms with van der Waals surface area (Å²) >= 11 is 0. The highest BCUT2D eigenvalue weighted by Gasteiger charge is 2.53. The van der Waals surface area contributed by atoms with Gasteiger partial charge in [-0.15, -0.1) is 0 Å². The number of nitrogens with zero attached hydrogens (tertiary/aromatic N) is 2. The molecule has 1 aliphatic heterocycles. The fourth-order valence-corrected chi connectivity index (χ4v) is 9.48. The van der Waals surface area contributed by atoms with E-state index < -0.39 is 5.41 Å². The summed E-state index contributed by atoms with van der Waals surface area (Å²) in [6, 6.07) is 84.3. The minimum absolute atomic E-state index is 0.599. The highest BCUT2D eigenvalue weighted by Crippen LogP contribution is 2.66. The Bertz CT molecular complexity index is 2890. The molecule has 9 aromatic carbocycles. The molecule has 57 heavy (non-hydrogen) atoms. The molecule has 0 saturated carbocycles. The van der Waals surface area contributed by atoms with Gasteiger partial charge in [0.15, 0.2) is 0 Å². The van der Waals surface area contributed by atoms with Crippen LogP contribution in [0, 0.1) is 0 Å². The molecule has 0 fully saturated rings. The molecule has 9 aromatic rings. The van der Waals surface area contributed by atoms with Crippen LogP contribution in [0.15, 0.2) is 231 Å². The maximum atomic E-state index is 2.51. The van der Waals surface area contributed by atoms with Gasteiger partial charge in [-0.05, 0) is 99.1 Å². The first kappa shape index (κ1) is 33.0. The molecule has 0 radical (unpaired) electrons. The summed E-state index contributed by atoms with van der Waals surface area (Å²) in [5.41, 5.74) is 18.7.